The number of nitrogens with zero attached hydrogens (tertiary/aromatic N) is 1. The summed E-state index contributed by atoms with van der Waals surface area (Å²) in [5.74, 6) is -0.0251. The lowest BCUT2D eigenvalue weighted by Gasteiger charge is -2.29. The van der Waals surface area contributed by atoms with Crippen molar-refractivity contribution in [2.45, 2.75) is 58.7 Å². The molecule has 0 aromatic heterocycles. The fraction of sp³-hybridized carbons (Fsp3) is 0.417. The lowest BCUT2D eigenvalue weighted by Crippen LogP contribution is -2.49. The van der Waals surface area contributed by atoms with Crippen LogP contribution >= 0.6 is 11.6 Å². The zero-order valence-electron chi connectivity index (χ0n) is 18.2. The third kappa shape index (κ3) is 8.21. The molecule has 2 amide bonds. The molecule has 1 N–H and O–H groups in total. The van der Waals surface area contributed by atoms with Gasteiger partial charge in [0, 0.05) is 24.0 Å². The summed E-state index contributed by atoms with van der Waals surface area (Å²) in [6, 6.07) is 12.3. The van der Waals surface area contributed by atoms with Crippen molar-refractivity contribution in [2.75, 3.05) is 6.61 Å². The normalized spacial score (nSPS) is 12.7. The number of halogens is 2. The summed E-state index contributed by atoms with van der Waals surface area (Å²) in [4.78, 5) is 27.2. The monoisotopic (exact) mass is 448 g/mol. The Morgan fingerprint density at radius 2 is 1.74 bits per heavy atom. The van der Waals surface area contributed by atoms with Crippen LogP contribution in [0.4, 0.5) is 4.39 Å². The van der Waals surface area contributed by atoms with Gasteiger partial charge in [-0.25, -0.2) is 4.39 Å². The molecule has 0 spiro atoms. The minimum Gasteiger partial charge on any atom is -0.494 e. The molecule has 0 aliphatic rings. The standard InChI is InChI=1S/C24H30ClFN2O3/c1-4-17(2)27-24(30)18(3)28(16-19-7-11-21(26)12-8-19)23(29)6-5-15-31-22-13-9-20(25)10-14-22/h7-14,17-18H,4-6,15-16H2,1-3H3,(H,27,30)/t17-,18+/m0/s1. The van der Waals surface area contributed by atoms with Crippen molar-refractivity contribution < 1.29 is 18.7 Å². The number of hydrogen-bond acceptors (Lipinski definition) is 3. The molecule has 31 heavy (non-hydrogen) atoms. The molecule has 7 heteroatoms. The number of rotatable bonds is 11. The van der Waals surface area contributed by atoms with Crippen molar-refractivity contribution in [3.05, 3.63) is 64.9 Å². The van der Waals surface area contributed by atoms with E-state index in [9.17, 15) is 14.0 Å². The molecule has 0 radical (unpaired) electrons. The first-order valence-electron chi connectivity index (χ1n) is 10.5. The summed E-state index contributed by atoms with van der Waals surface area (Å²) >= 11 is 5.86. The van der Waals surface area contributed by atoms with E-state index in [0.717, 1.165) is 12.0 Å². The highest BCUT2D eigenvalue weighted by atomic mass is 35.5. The van der Waals surface area contributed by atoms with Gasteiger partial charge in [0.1, 0.15) is 17.6 Å². The summed E-state index contributed by atoms with van der Waals surface area (Å²) < 4.78 is 18.9. The first kappa shape index (κ1) is 24.7. The van der Waals surface area contributed by atoms with Crippen LogP contribution in [0, 0.1) is 5.82 Å². The van der Waals surface area contributed by atoms with E-state index >= 15 is 0 Å². The Bertz CT molecular complexity index is 843. The van der Waals surface area contributed by atoms with Crippen molar-refractivity contribution >= 4 is 23.4 Å². The summed E-state index contributed by atoms with van der Waals surface area (Å²) in [6.45, 7) is 6.21. The minimum atomic E-state index is -0.649. The average Bonchev–Trinajstić information content (AvgIpc) is 2.76. The second-order valence-corrected chi connectivity index (χ2v) is 7.98. The van der Waals surface area contributed by atoms with Gasteiger partial charge in [0.05, 0.1) is 6.61 Å². The van der Waals surface area contributed by atoms with Gasteiger partial charge in [0.25, 0.3) is 0 Å². The maximum atomic E-state index is 13.3. The average molecular weight is 449 g/mol. The topological polar surface area (TPSA) is 58.6 Å². The Morgan fingerprint density at radius 3 is 2.35 bits per heavy atom. The van der Waals surface area contributed by atoms with Gasteiger partial charge in [0.15, 0.2) is 0 Å². The smallest absolute Gasteiger partial charge is 0.242 e. The minimum absolute atomic E-state index is 0.0190. The van der Waals surface area contributed by atoms with Crippen LogP contribution < -0.4 is 10.1 Å². The van der Waals surface area contributed by atoms with E-state index < -0.39 is 6.04 Å². The number of nitrogens with one attached hydrogen (secondary N) is 1. The van der Waals surface area contributed by atoms with Gasteiger partial charge in [-0.3, -0.25) is 9.59 Å². The SMILES string of the molecule is CC[C@H](C)NC(=O)[C@@H](C)N(Cc1ccc(F)cc1)C(=O)CCCOc1ccc(Cl)cc1. The maximum Gasteiger partial charge on any atom is 0.242 e. The van der Waals surface area contributed by atoms with E-state index in [2.05, 4.69) is 5.32 Å². The van der Waals surface area contributed by atoms with Crippen molar-refractivity contribution in [3.63, 3.8) is 0 Å². The first-order valence-corrected chi connectivity index (χ1v) is 10.9. The largest absolute Gasteiger partial charge is 0.494 e. The molecule has 168 valence electrons. The highest BCUT2D eigenvalue weighted by molar-refractivity contribution is 6.30. The van der Waals surface area contributed by atoms with Gasteiger partial charge in [-0.05, 0) is 68.7 Å². The van der Waals surface area contributed by atoms with E-state index in [1.54, 1.807) is 43.3 Å². The molecule has 2 rings (SSSR count). The third-order valence-electron chi connectivity index (χ3n) is 5.05. The van der Waals surface area contributed by atoms with E-state index in [4.69, 9.17) is 16.3 Å². The van der Waals surface area contributed by atoms with Crippen molar-refractivity contribution in [1.82, 2.24) is 10.2 Å². The highest BCUT2D eigenvalue weighted by Gasteiger charge is 2.26. The third-order valence-corrected chi connectivity index (χ3v) is 5.30. The highest BCUT2D eigenvalue weighted by Crippen LogP contribution is 2.17. The Morgan fingerprint density at radius 1 is 1.10 bits per heavy atom. The van der Waals surface area contributed by atoms with E-state index in [1.807, 2.05) is 13.8 Å². The van der Waals surface area contributed by atoms with Gasteiger partial charge < -0.3 is 15.0 Å². The van der Waals surface area contributed by atoms with E-state index in [0.29, 0.717) is 23.8 Å². The number of benzene rings is 2. The molecule has 2 aromatic rings. The van der Waals surface area contributed by atoms with Gasteiger partial charge in [-0.2, -0.15) is 0 Å². The summed E-state index contributed by atoms with van der Waals surface area (Å²) in [6.07, 6.45) is 1.53. The van der Waals surface area contributed by atoms with Crippen LogP contribution in [0.15, 0.2) is 48.5 Å². The van der Waals surface area contributed by atoms with Gasteiger partial charge in [-0.1, -0.05) is 30.7 Å². The fourth-order valence-corrected chi connectivity index (χ4v) is 3.05. The lowest BCUT2D eigenvalue weighted by atomic mass is 10.1. The first-order chi connectivity index (χ1) is 14.8. The summed E-state index contributed by atoms with van der Waals surface area (Å²) in [5, 5.41) is 3.55. The number of carbonyl (C=O) groups is 2. The molecule has 0 aliphatic carbocycles. The van der Waals surface area contributed by atoms with Crippen LogP contribution in [0.1, 0.15) is 45.6 Å². The predicted molar refractivity (Wildman–Crippen MR) is 120 cm³/mol. The molecule has 0 saturated heterocycles. The number of hydrogen-bond donors (Lipinski definition) is 1. The van der Waals surface area contributed by atoms with Gasteiger partial charge >= 0.3 is 0 Å². The molecule has 0 unspecified atom stereocenters. The van der Waals surface area contributed by atoms with Crippen LogP contribution in [-0.2, 0) is 16.1 Å². The van der Waals surface area contributed by atoms with Gasteiger partial charge in [-0.15, -0.1) is 0 Å². The van der Waals surface area contributed by atoms with Crippen molar-refractivity contribution in [2.24, 2.45) is 0 Å². The molecule has 5 nitrogen and oxygen atoms in total. The Hall–Kier alpha value is -2.60. The molecular weight excluding hydrogens is 419 g/mol. The zero-order valence-corrected chi connectivity index (χ0v) is 19.0. The molecule has 0 saturated carbocycles. The molecule has 0 fully saturated rings. The Labute approximate surface area is 188 Å². The zero-order chi connectivity index (χ0) is 22.8. The quantitative estimate of drug-likeness (QED) is 0.494. The molecule has 0 bridgehead atoms. The fourth-order valence-electron chi connectivity index (χ4n) is 2.92. The molecule has 2 aromatic carbocycles. The second kappa shape index (κ2) is 12.3. The predicted octanol–water partition coefficient (Wildman–Crippen LogP) is 4.97. The van der Waals surface area contributed by atoms with Crippen molar-refractivity contribution in [3.8, 4) is 5.75 Å². The summed E-state index contributed by atoms with van der Waals surface area (Å²) in [5.41, 5.74) is 0.760. The summed E-state index contributed by atoms with van der Waals surface area (Å²) in [7, 11) is 0. The number of amides is 2. The maximum absolute atomic E-state index is 13.3. The van der Waals surface area contributed by atoms with Crippen LogP contribution in [0.5, 0.6) is 5.75 Å². The van der Waals surface area contributed by atoms with Crippen LogP contribution in [0.25, 0.3) is 0 Å². The molecule has 2 atom stereocenters. The van der Waals surface area contributed by atoms with E-state index in [1.165, 1.54) is 17.0 Å². The van der Waals surface area contributed by atoms with Crippen molar-refractivity contribution in [1.29, 1.82) is 0 Å². The second-order valence-electron chi connectivity index (χ2n) is 7.55. The van der Waals surface area contributed by atoms with Crippen LogP contribution in [-0.4, -0.2) is 35.4 Å². The number of carbonyl (C=O) groups excluding carboxylic acids is 2. The molecular formula is C24H30ClFN2O3. The molecule has 0 heterocycles. The Balaban J connectivity index is 1.99. The van der Waals surface area contributed by atoms with Gasteiger partial charge in [0.2, 0.25) is 11.8 Å². The van der Waals surface area contributed by atoms with Crippen LogP contribution in [0.2, 0.25) is 5.02 Å². The Kier molecular flexibility index (Phi) is 9.79. The lowest BCUT2D eigenvalue weighted by molar-refractivity contribution is -0.141. The molecule has 0 aliphatic heterocycles. The van der Waals surface area contributed by atoms with Crippen LogP contribution in [0.3, 0.4) is 0 Å². The van der Waals surface area contributed by atoms with E-state index in [-0.39, 0.29) is 36.6 Å². The number of ether oxygens (including phenoxy) is 1.